The van der Waals surface area contributed by atoms with Crippen LogP contribution in [0.2, 0.25) is 0 Å². The molecule has 88 valence electrons. The third-order valence-electron chi connectivity index (χ3n) is 2.33. The molecular formula is C12H13N3OS. The number of nitrogens with two attached hydrogens (primary N) is 1. The van der Waals surface area contributed by atoms with Crippen LogP contribution < -0.4 is 5.73 Å². The molecule has 1 heterocycles. The van der Waals surface area contributed by atoms with Gasteiger partial charge >= 0.3 is 0 Å². The van der Waals surface area contributed by atoms with Gasteiger partial charge in [0.1, 0.15) is 0 Å². The number of H-pyrrole nitrogens is 1. The normalized spacial score (nSPS) is 12.3. The van der Waals surface area contributed by atoms with Gasteiger partial charge in [0, 0.05) is 0 Å². The van der Waals surface area contributed by atoms with Crippen molar-refractivity contribution in [2.45, 2.75) is 17.3 Å². The van der Waals surface area contributed by atoms with Crippen LogP contribution in [-0.4, -0.2) is 21.1 Å². The first-order chi connectivity index (χ1) is 8.16. The number of rotatable bonds is 4. The van der Waals surface area contributed by atoms with Crippen LogP contribution in [0.15, 0.2) is 41.7 Å². The van der Waals surface area contributed by atoms with E-state index in [4.69, 9.17) is 5.73 Å². The number of hydrogen-bond acceptors (Lipinski definition) is 3. The lowest BCUT2D eigenvalue weighted by Gasteiger charge is -2.02. The molecule has 0 saturated heterocycles. The van der Waals surface area contributed by atoms with Gasteiger partial charge in [-0.15, -0.1) is 0 Å². The number of nitrogens with zero attached hydrogens (tertiary/aromatic N) is 1. The molecule has 1 aromatic heterocycles. The number of carbonyl (C=O) groups is 1. The molecule has 2 rings (SSSR count). The Morgan fingerprint density at radius 1 is 1.41 bits per heavy atom. The average Bonchev–Trinajstić information content (AvgIpc) is 2.78. The molecule has 5 heteroatoms. The van der Waals surface area contributed by atoms with E-state index in [-0.39, 0.29) is 11.2 Å². The molecular weight excluding hydrogens is 234 g/mol. The van der Waals surface area contributed by atoms with Crippen LogP contribution >= 0.6 is 11.8 Å². The summed E-state index contributed by atoms with van der Waals surface area (Å²) in [5, 5.41) is 0.417. The number of thioether (sulfide) groups is 1. The zero-order valence-electron chi connectivity index (χ0n) is 9.38. The molecule has 0 aliphatic heterocycles. The van der Waals surface area contributed by atoms with Gasteiger partial charge in [-0.3, -0.25) is 4.79 Å². The van der Waals surface area contributed by atoms with E-state index in [0.29, 0.717) is 5.16 Å². The quantitative estimate of drug-likeness (QED) is 0.812. The first-order valence-electron chi connectivity index (χ1n) is 5.23. The summed E-state index contributed by atoms with van der Waals surface area (Å²) < 4.78 is 0. The first-order valence-corrected chi connectivity index (χ1v) is 6.11. The highest BCUT2D eigenvalue weighted by atomic mass is 32.2. The number of aromatic nitrogens is 2. The largest absolute Gasteiger partial charge is 0.369 e. The maximum atomic E-state index is 10.9. The molecule has 0 saturated carbocycles. The first kappa shape index (κ1) is 11.7. The number of primary amides is 1. The number of aromatic amines is 1. The molecule has 0 aliphatic rings. The fourth-order valence-corrected chi connectivity index (χ4v) is 2.09. The third-order valence-corrected chi connectivity index (χ3v) is 3.34. The monoisotopic (exact) mass is 247 g/mol. The number of nitrogens with one attached hydrogen (secondary N) is 1. The van der Waals surface area contributed by atoms with Gasteiger partial charge in [-0.05, 0) is 12.5 Å². The van der Waals surface area contributed by atoms with E-state index in [1.165, 1.54) is 11.8 Å². The van der Waals surface area contributed by atoms with E-state index in [9.17, 15) is 4.79 Å². The maximum absolute atomic E-state index is 10.9. The molecule has 1 atom stereocenters. The minimum absolute atomic E-state index is 0.287. The van der Waals surface area contributed by atoms with Crippen molar-refractivity contribution in [3.63, 3.8) is 0 Å². The van der Waals surface area contributed by atoms with E-state index in [1.807, 2.05) is 30.3 Å². The van der Waals surface area contributed by atoms with Crippen molar-refractivity contribution in [3.8, 4) is 11.3 Å². The van der Waals surface area contributed by atoms with E-state index in [0.717, 1.165) is 11.3 Å². The van der Waals surface area contributed by atoms with Gasteiger partial charge in [0.25, 0.3) is 0 Å². The van der Waals surface area contributed by atoms with Crippen LogP contribution in [0.1, 0.15) is 6.92 Å². The SMILES string of the molecule is CC(Sc1ncc(-c2ccccc2)[nH]1)C(N)=O. The molecule has 0 spiro atoms. The molecule has 17 heavy (non-hydrogen) atoms. The smallest absolute Gasteiger partial charge is 0.230 e. The molecule has 0 fully saturated rings. The second-order valence-corrected chi connectivity index (χ2v) is 4.96. The van der Waals surface area contributed by atoms with Gasteiger partial charge in [-0.25, -0.2) is 4.98 Å². The topological polar surface area (TPSA) is 71.8 Å². The van der Waals surface area contributed by atoms with Crippen LogP contribution in [0.25, 0.3) is 11.3 Å². The molecule has 1 aromatic carbocycles. The van der Waals surface area contributed by atoms with E-state index in [1.54, 1.807) is 13.1 Å². The number of benzene rings is 1. The molecule has 4 nitrogen and oxygen atoms in total. The van der Waals surface area contributed by atoms with Crippen molar-refractivity contribution >= 4 is 17.7 Å². The molecule has 2 aromatic rings. The minimum atomic E-state index is -0.340. The van der Waals surface area contributed by atoms with Gasteiger partial charge in [-0.1, -0.05) is 42.1 Å². The Bertz CT molecular complexity index is 509. The lowest BCUT2D eigenvalue weighted by atomic mass is 10.2. The summed E-state index contributed by atoms with van der Waals surface area (Å²) in [6.45, 7) is 1.76. The number of amides is 1. The van der Waals surface area contributed by atoms with E-state index < -0.39 is 0 Å². The Morgan fingerprint density at radius 2 is 2.12 bits per heavy atom. The maximum Gasteiger partial charge on any atom is 0.230 e. The fraction of sp³-hybridized carbons (Fsp3) is 0.167. The lowest BCUT2D eigenvalue weighted by Crippen LogP contribution is -2.22. The Hall–Kier alpha value is -1.75. The average molecular weight is 247 g/mol. The predicted molar refractivity (Wildman–Crippen MR) is 68.5 cm³/mol. The molecule has 0 aliphatic carbocycles. The van der Waals surface area contributed by atoms with Crippen molar-refractivity contribution in [3.05, 3.63) is 36.5 Å². The van der Waals surface area contributed by atoms with Crippen molar-refractivity contribution < 1.29 is 4.79 Å². The van der Waals surface area contributed by atoms with Crippen molar-refractivity contribution in [1.29, 1.82) is 0 Å². The summed E-state index contributed by atoms with van der Waals surface area (Å²) in [7, 11) is 0. The Balaban J connectivity index is 2.14. The van der Waals surface area contributed by atoms with Gasteiger partial charge in [-0.2, -0.15) is 0 Å². The fourth-order valence-electron chi connectivity index (χ4n) is 1.35. The molecule has 0 bridgehead atoms. The Labute approximate surface area is 104 Å². The van der Waals surface area contributed by atoms with Crippen molar-refractivity contribution in [2.24, 2.45) is 5.73 Å². The lowest BCUT2D eigenvalue weighted by molar-refractivity contribution is -0.117. The van der Waals surface area contributed by atoms with Gasteiger partial charge in [0.05, 0.1) is 17.1 Å². The summed E-state index contributed by atoms with van der Waals surface area (Å²) in [5.41, 5.74) is 7.20. The highest BCUT2D eigenvalue weighted by Gasteiger charge is 2.12. The highest BCUT2D eigenvalue weighted by molar-refractivity contribution is 8.00. The third kappa shape index (κ3) is 2.88. The van der Waals surface area contributed by atoms with Gasteiger partial charge in [0.2, 0.25) is 5.91 Å². The number of carbonyl (C=O) groups excluding carboxylic acids is 1. The van der Waals surface area contributed by atoms with Crippen LogP contribution in [0.5, 0.6) is 0 Å². The highest BCUT2D eigenvalue weighted by Crippen LogP contribution is 2.23. The van der Waals surface area contributed by atoms with Gasteiger partial charge in [0.15, 0.2) is 5.16 Å². The van der Waals surface area contributed by atoms with Crippen LogP contribution in [0.3, 0.4) is 0 Å². The molecule has 3 N–H and O–H groups in total. The molecule has 0 radical (unpaired) electrons. The van der Waals surface area contributed by atoms with Crippen LogP contribution in [-0.2, 0) is 4.79 Å². The zero-order valence-corrected chi connectivity index (χ0v) is 10.2. The van der Waals surface area contributed by atoms with Crippen LogP contribution in [0, 0.1) is 0 Å². The minimum Gasteiger partial charge on any atom is -0.369 e. The zero-order chi connectivity index (χ0) is 12.3. The summed E-state index contributed by atoms with van der Waals surface area (Å²) in [6.07, 6.45) is 1.76. The van der Waals surface area contributed by atoms with E-state index >= 15 is 0 Å². The Kier molecular flexibility index (Phi) is 3.49. The molecule has 1 unspecified atom stereocenters. The second kappa shape index (κ2) is 5.05. The Morgan fingerprint density at radius 3 is 2.76 bits per heavy atom. The van der Waals surface area contributed by atoms with Crippen LogP contribution in [0.4, 0.5) is 0 Å². The summed E-state index contributed by atoms with van der Waals surface area (Å²) >= 11 is 1.33. The summed E-state index contributed by atoms with van der Waals surface area (Å²) in [5.74, 6) is -0.340. The van der Waals surface area contributed by atoms with Gasteiger partial charge < -0.3 is 10.7 Å². The standard InChI is InChI=1S/C12H13N3OS/c1-8(11(13)16)17-12-14-7-10(15-12)9-5-3-2-4-6-9/h2-8H,1H3,(H2,13,16)(H,14,15). The molecule has 1 amide bonds. The summed E-state index contributed by atoms with van der Waals surface area (Å²) in [6, 6.07) is 9.90. The van der Waals surface area contributed by atoms with Crippen molar-refractivity contribution in [1.82, 2.24) is 9.97 Å². The van der Waals surface area contributed by atoms with Crippen molar-refractivity contribution in [2.75, 3.05) is 0 Å². The second-order valence-electron chi connectivity index (χ2n) is 3.63. The number of hydrogen-bond donors (Lipinski definition) is 2. The van der Waals surface area contributed by atoms with E-state index in [2.05, 4.69) is 9.97 Å². The number of imidazole rings is 1. The predicted octanol–water partition coefficient (Wildman–Crippen LogP) is 2.04. The summed E-state index contributed by atoms with van der Waals surface area (Å²) in [4.78, 5) is 18.3.